The van der Waals surface area contributed by atoms with Crippen LogP contribution in [0.1, 0.15) is 60.3 Å². The van der Waals surface area contributed by atoms with Gasteiger partial charge in [-0.15, -0.1) is 0 Å². The fourth-order valence-electron chi connectivity index (χ4n) is 4.61. The number of hydrogen-bond acceptors (Lipinski definition) is 14. The summed E-state index contributed by atoms with van der Waals surface area (Å²) in [4.78, 5) is 54.4. The van der Waals surface area contributed by atoms with Crippen molar-refractivity contribution in [1.29, 1.82) is 0 Å². The van der Waals surface area contributed by atoms with Crippen molar-refractivity contribution in [2.75, 3.05) is 26.6 Å². The largest absolute Gasteiger partial charge is 0.468 e. The Hall–Kier alpha value is -3.63. The first-order valence-electron chi connectivity index (χ1n) is 14.6. The zero-order valence-corrected chi connectivity index (χ0v) is 28.2. The SMILES string of the molecule is COC(=O)[C@H](C)NP(=O)(N[C@@H](C)C(=O)OC)OC[C@@]1(C)O[C@@H](c2ccc3c(N)ncnn23)[C@H](OC(=O)C(C)C)[C@@H]1OC(=O)C(C)C. The van der Waals surface area contributed by atoms with Crippen LogP contribution in [-0.4, -0.2) is 89.2 Å². The molecule has 1 aliphatic heterocycles. The molecule has 0 aromatic carbocycles. The van der Waals surface area contributed by atoms with Crippen LogP contribution >= 0.6 is 7.67 Å². The molecule has 0 amide bonds. The highest BCUT2D eigenvalue weighted by Crippen LogP contribution is 2.48. The predicted molar refractivity (Wildman–Crippen MR) is 162 cm³/mol. The fourth-order valence-corrected chi connectivity index (χ4v) is 6.50. The van der Waals surface area contributed by atoms with Crippen LogP contribution in [0.25, 0.3) is 5.52 Å². The summed E-state index contributed by atoms with van der Waals surface area (Å²) in [5.74, 6) is -3.70. The van der Waals surface area contributed by atoms with Gasteiger partial charge in [0.05, 0.1) is 38.4 Å². The summed E-state index contributed by atoms with van der Waals surface area (Å²) in [5, 5.41) is 9.38. The molecule has 256 valence electrons. The van der Waals surface area contributed by atoms with Crippen LogP contribution in [-0.2, 0) is 52.0 Å². The van der Waals surface area contributed by atoms with Gasteiger partial charge >= 0.3 is 31.5 Å². The molecule has 1 aliphatic rings. The van der Waals surface area contributed by atoms with Gasteiger partial charge in [0.15, 0.2) is 18.0 Å². The maximum absolute atomic E-state index is 14.1. The van der Waals surface area contributed by atoms with Gasteiger partial charge in [0.2, 0.25) is 0 Å². The van der Waals surface area contributed by atoms with Crippen LogP contribution in [0.3, 0.4) is 0 Å². The number of ether oxygens (including phenoxy) is 5. The van der Waals surface area contributed by atoms with Gasteiger partial charge in [-0.05, 0) is 32.9 Å². The number of anilines is 1. The molecule has 18 heteroatoms. The summed E-state index contributed by atoms with van der Waals surface area (Å²) in [6, 6.07) is 1.01. The topological polar surface area (TPSA) is 221 Å². The number of carbonyl (C=O) groups excluding carboxylic acids is 4. The van der Waals surface area contributed by atoms with Gasteiger partial charge in [0.25, 0.3) is 0 Å². The first-order valence-corrected chi connectivity index (χ1v) is 16.2. The molecule has 0 unspecified atom stereocenters. The Morgan fingerprint density at radius 3 is 2.02 bits per heavy atom. The highest BCUT2D eigenvalue weighted by Gasteiger charge is 2.59. The Bertz CT molecular complexity index is 1450. The molecule has 6 atom stereocenters. The molecule has 1 saturated heterocycles. The fraction of sp³-hybridized carbons (Fsp3) is 0.643. The van der Waals surface area contributed by atoms with Gasteiger partial charge in [-0.3, -0.25) is 23.7 Å². The Morgan fingerprint density at radius 2 is 1.50 bits per heavy atom. The number of methoxy groups -OCH3 is 2. The molecular weight excluding hydrogens is 627 g/mol. The average molecular weight is 671 g/mol. The van der Waals surface area contributed by atoms with Crippen molar-refractivity contribution in [2.24, 2.45) is 11.8 Å². The molecule has 0 aliphatic carbocycles. The maximum Gasteiger partial charge on any atom is 0.342 e. The predicted octanol–water partition coefficient (Wildman–Crippen LogP) is 1.70. The maximum atomic E-state index is 14.1. The normalized spacial score (nSPS) is 22.9. The summed E-state index contributed by atoms with van der Waals surface area (Å²) < 4.78 is 49.3. The minimum Gasteiger partial charge on any atom is -0.468 e. The van der Waals surface area contributed by atoms with Crippen LogP contribution in [0.2, 0.25) is 0 Å². The number of rotatable bonds is 14. The van der Waals surface area contributed by atoms with E-state index in [1.807, 2.05) is 0 Å². The molecule has 17 nitrogen and oxygen atoms in total. The van der Waals surface area contributed by atoms with Gasteiger partial charge in [0, 0.05) is 0 Å². The van der Waals surface area contributed by atoms with Gasteiger partial charge in [-0.1, -0.05) is 27.7 Å². The third kappa shape index (κ3) is 8.20. The lowest BCUT2D eigenvalue weighted by molar-refractivity contribution is -0.175. The zero-order valence-electron chi connectivity index (χ0n) is 27.3. The van der Waals surface area contributed by atoms with Crippen LogP contribution in [0.15, 0.2) is 18.5 Å². The lowest BCUT2D eigenvalue weighted by atomic mass is 9.95. The molecule has 2 aromatic rings. The Balaban J connectivity index is 2.10. The van der Waals surface area contributed by atoms with Crippen LogP contribution in [0.4, 0.5) is 5.82 Å². The third-order valence-electron chi connectivity index (χ3n) is 7.21. The van der Waals surface area contributed by atoms with Crippen LogP contribution in [0, 0.1) is 11.8 Å². The molecule has 2 aromatic heterocycles. The van der Waals surface area contributed by atoms with E-state index in [4.69, 9.17) is 33.9 Å². The summed E-state index contributed by atoms with van der Waals surface area (Å²) in [7, 11) is -1.99. The number of aromatic nitrogens is 3. The highest BCUT2D eigenvalue weighted by atomic mass is 31.2. The van der Waals surface area contributed by atoms with E-state index in [2.05, 4.69) is 20.3 Å². The van der Waals surface area contributed by atoms with Crippen LogP contribution in [0.5, 0.6) is 0 Å². The van der Waals surface area contributed by atoms with Crippen molar-refractivity contribution in [2.45, 2.75) is 84.5 Å². The van der Waals surface area contributed by atoms with Gasteiger partial charge in [-0.2, -0.15) is 5.10 Å². The minimum atomic E-state index is -4.30. The highest BCUT2D eigenvalue weighted by molar-refractivity contribution is 7.54. The van der Waals surface area contributed by atoms with Gasteiger partial charge in [0.1, 0.15) is 35.6 Å². The number of hydrogen-bond donors (Lipinski definition) is 3. The molecular formula is C28H43N6O11P. The number of nitrogen functional groups attached to an aromatic ring is 1. The molecule has 46 heavy (non-hydrogen) atoms. The van der Waals surface area contributed by atoms with E-state index in [1.54, 1.807) is 39.8 Å². The van der Waals surface area contributed by atoms with E-state index in [-0.39, 0.29) is 5.82 Å². The first kappa shape index (κ1) is 36.8. The van der Waals surface area contributed by atoms with E-state index in [9.17, 15) is 23.7 Å². The van der Waals surface area contributed by atoms with Crippen molar-refractivity contribution >= 4 is 42.9 Å². The minimum absolute atomic E-state index is 0.182. The summed E-state index contributed by atoms with van der Waals surface area (Å²) >= 11 is 0. The van der Waals surface area contributed by atoms with Crippen LogP contribution < -0.4 is 15.9 Å². The molecule has 0 radical (unpaired) electrons. The van der Waals surface area contributed by atoms with Gasteiger partial charge < -0.3 is 33.9 Å². The summed E-state index contributed by atoms with van der Waals surface area (Å²) in [6.45, 7) is 10.3. The number of nitrogens with zero attached hydrogens (tertiary/aromatic N) is 3. The molecule has 4 N–H and O–H groups in total. The van der Waals surface area contributed by atoms with E-state index in [1.165, 1.54) is 31.6 Å². The molecule has 3 rings (SSSR count). The molecule has 0 saturated carbocycles. The van der Waals surface area contributed by atoms with Crippen molar-refractivity contribution in [3.8, 4) is 0 Å². The number of fused-ring (bicyclic) bond motifs is 1. The molecule has 0 bridgehead atoms. The molecule has 3 heterocycles. The number of nitrogens with one attached hydrogen (secondary N) is 2. The van der Waals surface area contributed by atoms with E-state index < -0.39 is 86.0 Å². The van der Waals surface area contributed by atoms with E-state index in [0.717, 1.165) is 14.2 Å². The molecule has 1 fully saturated rings. The Morgan fingerprint density at radius 1 is 0.957 bits per heavy atom. The third-order valence-corrected chi connectivity index (χ3v) is 9.15. The van der Waals surface area contributed by atoms with Crippen molar-refractivity contribution in [3.63, 3.8) is 0 Å². The number of nitrogens with two attached hydrogens (primary N) is 1. The van der Waals surface area contributed by atoms with Crippen molar-refractivity contribution in [3.05, 3.63) is 24.2 Å². The van der Waals surface area contributed by atoms with E-state index >= 15 is 0 Å². The van der Waals surface area contributed by atoms with Crippen molar-refractivity contribution < 1.29 is 52.0 Å². The monoisotopic (exact) mass is 670 g/mol. The standard InChI is InChI=1S/C28H43N6O11P/c1-14(2)24(35)43-21-20(18-10-11-19-23(29)30-13-31-34(18)19)45-28(7,22(21)44-25(36)15(3)4)12-42-46(39,32-16(5)26(37)40-8)33-17(6)27(38)41-9/h10-11,13-17,20-22H,12H2,1-9H3,(H2,29,30,31)(H2,32,33,39)/t16-,17-,20-,21-,22-,28+/m0/s1. The van der Waals surface area contributed by atoms with E-state index in [0.29, 0.717) is 11.2 Å². The van der Waals surface area contributed by atoms with Crippen molar-refractivity contribution in [1.82, 2.24) is 24.8 Å². The first-order chi connectivity index (χ1) is 21.5. The second kappa shape index (κ2) is 14.9. The number of carbonyl (C=O) groups is 4. The quantitative estimate of drug-likeness (QED) is 0.148. The zero-order chi connectivity index (χ0) is 34.6. The Labute approximate surface area is 266 Å². The summed E-state index contributed by atoms with van der Waals surface area (Å²) in [6.07, 6.45) is -2.39. The second-order valence-corrected chi connectivity index (χ2v) is 13.6. The average Bonchev–Trinajstić information content (AvgIpc) is 3.55. The summed E-state index contributed by atoms with van der Waals surface area (Å²) in [5.41, 5.74) is 5.24. The lowest BCUT2D eigenvalue weighted by Crippen LogP contribution is -2.50. The smallest absolute Gasteiger partial charge is 0.342 e. The second-order valence-electron chi connectivity index (χ2n) is 11.7. The lowest BCUT2D eigenvalue weighted by Gasteiger charge is -2.33. The van der Waals surface area contributed by atoms with Gasteiger partial charge in [-0.25, -0.2) is 19.7 Å². The number of esters is 4. The Kier molecular flexibility index (Phi) is 11.9. The molecule has 0 spiro atoms.